The topological polar surface area (TPSA) is 58.0 Å². The average molecular weight is 270 g/mol. The molecule has 0 atom stereocenters. The van der Waals surface area contributed by atoms with Crippen LogP contribution in [0.15, 0.2) is 12.4 Å². The Kier molecular flexibility index (Phi) is 4.40. The van der Waals surface area contributed by atoms with Crippen LogP contribution in [0.25, 0.3) is 0 Å². The fourth-order valence-corrected chi connectivity index (χ4v) is 2.63. The molecule has 0 radical (unpaired) electrons. The van der Waals surface area contributed by atoms with Gasteiger partial charge in [0.25, 0.3) is 0 Å². The smallest absolute Gasteiger partial charge is 0.134 e. The van der Waals surface area contributed by atoms with Gasteiger partial charge in [-0.05, 0) is 31.6 Å². The van der Waals surface area contributed by atoms with Gasteiger partial charge < -0.3 is 10.4 Å². The molecule has 100 valence electrons. The second-order valence-electron chi connectivity index (χ2n) is 5.16. The van der Waals surface area contributed by atoms with Gasteiger partial charge in [0.05, 0.1) is 5.60 Å². The molecule has 1 fully saturated rings. The summed E-state index contributed by atoms with van der Waals surface area (Å²) in [7, 11) is 0. The Morgan fingerprint density at radius 3 is 2.78 bits per heavy atom. The summed E-state index contributed by atoms with van der Waals surface area (Å²) >= 11 is 5.79. The zero-order chi connectivity index (χ0) is 13.0. The molecule has 0 aliphatic heterocycles. The summed E-state index contributed by atoms with van der Waals surface area (Å²) in [6.45, 7) is 2.74. The van der Waals surface area contributed by atoms with Crippen LogP contribution < -0.4 is 5.32 Å². The summed E-state index contributed by atoms with van der Waals surface area (Å²) in [5.74, 6) is 1.44. The van der Waals surface area contributed by atoms with Crippen LogP contribution in [0.1, 0.15) is 39.0 Å². The van der Waals surface area contributed by atoms with Crippen LogP contribution in [-0.4, -0.2) is 27.2 Å². The van der Waals surface area contributed by atoms with Gasteiger partial charge in [-0.1, -0.05) is 24.9 Å². The van der Waals surface area contributed by atoms with E-state index in [1.807, 2.05) is 0 Å². The largest absolute Gasteiger partial charge is 0.388 e. The highest BCUT2D eigenvalue weighted by Crippen LogP contribution is 2.33. The minimum atomic E-state index is -0.608. The lowest BCUT2D eigenvalue weighted by atomic mass is 9.78. The second kappa shape index (κ2) is 5.85. The minimum absolute atomic E-state index is 0.411. The van der Waals surface area contributed by atoms with Crippen molar-refractivity contribution in [1.29, 1.82) is 0 Å². The Labute approximate surface area is 113 Å². The van der Waals surface area contributed by atoms with Crippen LogP contribution in [-0.2, 0) is 0 Å². The number of rotatable bonds is 4. The normalized spacial score (nSPS) is 28.1. The Hall–Kier alpha value is -0.870. The summed E-state index contributed by atoms with van der Waals surface area (Å²) in [6, 6.07) is 1.67. The summed E-state index contributed by atoms with van der Waals surface area (Å²) in [4.78, 5) is 7.89. The molecule has 2 N–H and O–H groups in total. The van der Waals surface area contributed by atoms with Crippen molar-refractivity contribution in [2.45, 2.75) is 44.6 Å². The molecular weight excluding hydrogens is 250 g/mol. The van der Waals surface area contributed by atoms with Gasteiger partial charge in [0.15, 0.2) is 0 Å². The van der Waals surface area contributed by atoms with E-state index in [9.17, 15) is 5.11 Å². The summed E-state index contributed by atoms with van der Waals surface area (Å²) in [5.41, 5.74) is -0.608. The van der Waals surface area contributed by atoms with E-state index in [0.29, 0.717) is 17.5 Å². The number of aromatic nitrogens is 2. The van der Waals surface area contributed by atoms with E-state index in [-0.39, 0.29) is 0 Å². The quantitative estimate of drug-likeness (QED) is 0.826. The molecule has 18 heavy (non-hydrogen) atoms. The van der Waals surface area contributed by atoms with Crippen molar-refractivity contribution in [3.05, 3.63) is 17.5 Å². The van der Waals surface area contributed by atoms with E-state index < -0.39 is 5.60 Å². The monoisotopic (exact) mass is 269 g/mol. The molecule has 0 amide bonds. The van der Waals surface area contributed by atoms with Crippen molar-refractivity contribution in [2.75, 3.05) is 11.9 Å². The van der Waals surface area contributed by atoms with Crippen molar-refractivity contribution >= 4 is 17.4 Å². The van der Waals surface area contributed by atoms with E-state index in [0.717, 1.165) is 31.6 Å². The van der Waals surface area contributed by atoms with Crippen molar-refractivity contribution in [2.24, 2.45) is 5.92 Å². The van der Waals surface area contributed by atoms with Gasteiger partial charge in [-0.3, -0.25) is 0 Å². The van der Waals surface area contributed by atoms with Crippen LogP contribution in [0.3, 0.4) is 0 Å². The SMILES string of the molecule is CCC1CCC(O)(CNc2cc(Cl)ncn2)CC1. The van der Waals surface area contributed by atoms with Crippen molar-refractivity contribution in [3.63, 3.8) is 0 Å². The van der Waals surface area contributed by atoms with Crippen LogP contribution in [0.2, 0.25) is 5.15 Å². The first-order valence-electron chi connectivity index (χ1n) is 6.55. The van der Waals surface area contributed by atoms with E-state index in [2.05, 4.69) is 22.2 Å². The number of aliphatic hydroxyl groups is 1. The first kappa shape index (κ1) is 13.6. The molecule has 1 aliphatic carbocycles. The highest BCUT2D eigenvalue weighted by atomic mass is 35.5. The number of nitrogens with zero attached hydrogens (tertiary/aromatic N) is 2. The molecule has 1 aromatic rings. The van der Waals surface area contributed by atoms with Crippen molar-refractivity contribution in [3.8, 4) is 0 Å². The summed E-state index contributed by atoms with van der Waals surface area (Å²) in [6.07, 6.45) is 6.57. The summed E-state index contributed by atoms with van der Waals surface area (Å²) in [5, 5.41) is 14.0. The molecule has 1 aromatic heterocycles. The molecular formula is C13H20ClN3O. The van der Waals surface area contributed by atoms with E-state index in [1.54, 1.807) is 6.07 Å². The third-order valence-electron chi connectivity index (χ3n) is 3.85. The lowest BCUT2D eigenvalue weighted by Crippen LogP contribution is -2.40. The number of hydrogen-bond acceptors (Lipinski definition) is 4. The molecule has 2 rings (SSSR count). The Balaban J connectivity index is 1.86. The molecule has 4 nitrogen and oxygen atoms in total. The highest BCUT2D eigenvalue weighted by molar-refractivity contribution is 6.29. The van der Waals surface area contributed by atoms with Gasteiger partial charge in [0, 0.05) is 12.6 Å². The van der Waals surface area contributed by atoms with Gasteiger partial charge >= 0.3 is 0 Å². The Bertz CT molecular complexity index is 392. The number of nitrogens with one attached hydrogen (secondary N) is 1. The molecule has 1 saturated carbocycles. The predicted molar refractivity (Wildman–Crippen MR) is 72.7 cm³/mol. The predicted octanol–water partition coefficient (Wildman–Crippen LogP) is 2.87. The molecule has 0 unspecified atom stereocenters. The van der Waals surface area contributed by atoms with Crippen LogP contribution in [0.5, 0.6) is 0 Å². The fraction of sp³-hybridized carbons (Fsp3) is 0.692. The van der Waals surface area contributed by atoms with Gasteiger partial charge in [0.2, 0.25) is 0 Å². The van der Waals surface area contributed by atoms with Crippen LogP contribution in [0.4, 0.5) is 5.82 Å². The molecule has 0 spiro atoms. The molecule has 0 saturated heterocycles. The second-order valence-corrected chi connectivity index (χ2v) is 5.54. The first-order chi connectivity index (χ1) is 8.61. The van der Waals surface area contributed by atoms with Gasteiger partial charge in [0.1, 0.15) is 17.3 Å². The molecule has 1 heterocycles. The summed E-state index contributed by atoms with van der Waals surface area (Å²) < 4.78 is 0. The van der Waals surface area contributed by atoms with Gasteiger partial charge in [-0.2, -0.15) is 0 Å². The number of hydrogen-bond donors (Lipinski definition) is 2. The maximum atomic E-state index is 10.5. The molecule has 0 aromatic carbocycles. The van der Waals surface area contributed by atoms with Crippen molar-refractivity contribution in [1.82, 2.24) is 9.97 Å². The average Bonchev–Trinajstić information content (AvgIpc) is 2.38. The number of halogens is 1. The molecule has 5 heteroatoms. The lowest BCUT2D eigenvalue weighted by Gasteiger charge is -2.36. The highest BCUT2D eigenvalue weighted by Gasteiger charge is 2.32. The van der Waals surface area contributed by atoms with Crippen molar-refractivity contribution < 1.29 is 5.11 Å². The zero-order valence-corrected chi connectivity index (χ0v) is 11.5. The Morgan fingerprint density at radius 1 is 1.44 bits per heavy atom. The fourth-order valence-electron chi connectivity index (χ4n) is 2.49. The van der Waals surface area contributed by atoms with Gasteiger partial charge in [-0.15, -0.1) is 0 Å². The maximum Gasteiger partial charge on any atom is 0.134 e. The lowest BCUT2D eigenvalue weighted by molar-refractivity contribution is 0.00223. The van der Waals surface area contributed by atoms with Crippen LogP contribution in [0, 0.1) is 5.92 Å². The first-order valence-corrected chi connectivity index (χ1v) is 6.93. The number of anilines is 1. The Morgan fingerprint density at radius 2 is 2.17 bits per heavy atom. The molecule has 0 bridgehead atoms. The third-order valence-corrected chi connectivity index (χ3v) is 4.05. The third kappa shape index (κ3) is 3.56. The zero-order valence-electron chi connectivity index (χ0n) is 10.7. The van der Waals surface area contributed by atoms with E-state index >= 15 is 0 Å². The maximum absolute atomic E-state index is 10.5. The van der Waals surface area contributed by atoms with E-state index in [4.69, 9.17) is 11.6 Å². The minimum Gasteiger partial charge on any atom is -0.388 e. The molecule has 1 aliphatic rings. The standard InChI is InChI=1S/C13H20ClN3O/c1-2-10-3-5-13(18,6-4-10)8-15-12-7-11(14)16-9-17-12/h7,9-10,18H,2-6,8H2,1H3,(H,15,16,17). The van der Waals surface area contributed by atoms with Crippen LogP contribution >= 0.6 is 11.6 Å². The van der Waals surface area contributed by atoms with Gasteiger partial charge in [-0.25, -0.2) is 9.97 Å². The van der Waals surface area contributed by atoms with E-state index in [1.165, 1.54) is 12.7 Å².